The highest BCUT2D eigenvalue weighted by Crippen LogP contribution is 2.23. The SMILES string of the molecule is Cc1nc2ncnn2c(C)c1CC(=O)OCC(=O)Nc1ccccc1C(C)C. The van der Waals surface area contributed by atoms with E-state index in [2.05, 4.69) is 34.2 Å². The van der Waals surface area contributed by atoms with Crippen LogP contribution in [0.5, 0.6) is 0 Å². The number of fused-ring (bicyclic) bond motifs is 1. The quantitative estimate of drug-likeness (QED) is 0.659. The average Bonchev–Trinajstić information content (AvgIpc) is 3.12. The van der Waals surface area contributed by atoms with Crippen LogP contribution in [0.25, 0.3) is 5.78 Å². The van der Waals surface area contributed by atoms with Crippen LogP contribution in [0.4, 0.5) is 5.69 Å². The van der Waals surface area contributed by atoms with Crippen LogP contribution in [0, 0.1) is 13.8 Å². The first-order chi connectivity index (χ1) is 13.4. The molecule has 28 heavy (non-hydrogen) atoms. The van der Waals surface area contributed by atoms with E-state index in [0.29, 0.717) is 17.0 Å². The highest BCUT2D eigenvalue weighted by Gasteiger charge is 2.16. The van der Waals surface area contributed by atoms with E-state index < -0.39 is 5.97 Å². The summed E-state index contributed by atoms with van der Waals surface area (Å²) in [6.07, 6.45) is 1.42. The van der Waals surface area contributed by atoms with Gasteiger partial charge in [0, 0.05) is 22.6 Å². The van der Waals surface area contributed by atoms with E-state index in [1.807, 2.05) is 31.2 Å². The number of carbonyl (C=O) groups excluding carboxylic acids is 2. The van der Waals surface area contributed by atoms with Crippen LogP contribution in [-0.2, 0) is 20.7 Å². The van der Waals surface area contributed by atoms with E-state index >= 15 is 0 Å². The first-order valence-corrected chi connectivity index (χ1v) is 9.07. The summed E-state index contributed by atoms with van der Waals surface area (Å²) in [5, 5.41) is 6.90. The fourth-order valence-electron chi connectivity index (χ4n) is 3.05. The predicted molar refractivity (Wildman–Crippen MR) is 104 cm³/mol. The molecule has 0 aliphatic carbocycles. The fourth-order valence-corrected chi connectivity index (χ4v) is 3.05. The van der Waals surface area contributed by atoms with Crippen LogP contribution < -0.4 is 5.32 Å². The Labute approximate surface area is 163 Å². The minimum absolute atomic E-state index is 0.0102. The van der Waals surface area contributed by atoms with Gasteiger partial charge >= 0.3 is 5.97 Å². The van der Waals surface area contributed by atoms with Crippen molar-refractivity contribution in [2.45, 2.75) is 40.0 Å². The smallest absolute Gasteiger partial charge is 0.310 e. The molecule has 8 heteroatoms. The molecule has 8 nitrogen and oxygen atoms in total. The number of rotatable bonds is 6. The van der Waals surface area contributed by atoms with Crippen molar-refractivity contribution < 1.29 is 14.3 Å². The Hall–Kier alpha value is -3.29. The number of carbonyl (C=O) groups is 2. The monoisotopic (exact) mass is 381 g/mol. The molecule has 1 N–H and O–H groups in total. The number of aromatic nitrogens is 4. The molecule has 2 heterocycles. The number of amides is 1. The molecule has 3 rings (SSSR count). The van der Waals surface area contributed by atoms with Crippen LogP contribution in [-0.4, -0.2) is 38.1 Å². The van der Waals surface area contributed by atoms with Gasteiger partial charge in [0.05, 0.1) is 6.42 Å². The van der Waals surface area contributed by atoms with Gasteiger partial charge in [-0.2, -0.15) is 10.1 Å². The van der Waals surface area contributed by atoms with E-state index in [4.69, 9.17) is 4.74 Å². The maximum atomic E-state index is 12.2. The van der Waals surface area contributed by atoms with Gasteiger partial charge in [-0.1, -0.05) is 32.0 Å². The van der Waals surface area contributed by atoms with Crippen LogP contribution in [0.3, 0.4) is 0 Å². The lowest BCUT2D eigenvalue weighted by molar-refractivity contribution is -0.146. The minimum atomic E-state index is -0.500. The molecule has 0 unspecified atom stereocenters. The molecule has 0 fully saturated rings. The van der Waals surface area contributed by atoms with Crippen molar-refractivity contribution in [3.8, 4) is 0 Å². The highest BCUT2D eigenvalue weighted by molar-refractivity contribution is 5.93. The molecule has 0 spiro atoms. The number of aryl methyl sites for hydroxylation is 2. The molecule has 146 valence electrons. The summed E-state index contributed by atoms with van der Waals surface area (Å²) in [7, 11) is 0. The second-order valence-corrected chi connectivity index (χ2v) is 6.86. The zero-order valence-electron chi connectivity index (χ0n) is 16.4. The molecule has 1 aromatic carbocycles. The van der Waals surface area contributed by atoms with Crippen LogP contribution in [0.1, 0.15) is 42.3 Å². The summed E-state index contributed by atoms with van der Waals surface area (Å²) in [6, 6.07) is 7.58. The van der Waals surface area contributed by atoms with Gasteiger partial charge in [0.2, 0.25) is 0 Å². The van der Waals surface area contributed by atoms with E-state index in [1.165, 1.54) is 6.33 Å². The third-order valence-corrected chi connectivity index (χ3v) is 4.53. The summed E-state index contributed by atoms with van der Waals surface area (Å²) in [4.78, 5) is 32.8. The third-order valence-electron chi connectivity index (χ3n) is 4.53. The summed E-state index contributed by atoms with van der Waals surface area (Å²) in [6.45, 7) is 7.40. The van der Waals surface area contributed by atoms with Crippen LogP contribution in [0.2, 0.25) is 0 Å². The van der Waals surface area contributed by atoms with Gasteiger partial charge in [0.25, 0.3) is 11.7 Å². The molecule has 0 atom stereocenters. The zero-order valence-corrected chi connectivity index (χ0v) is 16.4. The molecule has 1 amide bonds. The van der Waals surface area contributed by atoms with Gasteiger partial charge in [0.15, 0.2) is 6.61 Å². The molecule has 2 aromatic heterocycles. The molecule has 0 bridgehead atoms. The van der Waals surface area contributed by atoms with Gasteiger partial charge in [-0.05, 0) is 31.4 Å². The first-order valence-electron chi connectivity index (χ1n) is 9.07. The topological polar surface area (TPSA) is 98.5 Å². The van der Waals surface area contributed by atoms with Gasteiger partial charge < -0.3 is 10.1 Å². The minimum Gasteiger partial charge on any atom is -0.455 e. The molecule has 3 aromatic rings. The second-order valence-electron chi connectivity index (χ2n) is 6.86. The Morgan fingerprint density at radius 1 is 1.21 bits per heavy atom. The summed E-state index contributed by atoms with van der Waals surface area (Å²) < 4.78 is 6.73. The number of benzene rings is 1. The number of anilines is 1. The summed E-state index contributed by atoms with van der Waals surface area (Å²) in [5.41, 5.74) is 3.93. The van der Waals surface area contributed by atoms with Crippen molar-refractivity contribution in [1.29, 1.82) is 0 Å². The molecule has 0 saturated heterocycles. The summed E-state index contributed by atoms with van der Waals surface area (Å²) >= 11 is 0. The number of nitrogens with zero attached hydrogens (tertiary/aromatic N) is 4. The van der Waals surface area contributed by atoms with Crippen molar-refractivity contribution in [1.82, 2.24) is 19.6 Å². The molecular formula is C20H23N5O3. The van der Waals surface area contributed by atoms with Crippen molar-refractivity contribution in [3.63, 3.8) is 0 Å². The molecule has 0 aliphatic rings. The van der Waals surface area contributed by atoms with Crippen LogP contribution in [0.15, 0.2) is 30.6 Å². The lowest BCUT2D eigenvalue weighted by Crippen LogP contribution is -2.23. The van der Waals surface area contributed by atoms with E-state index in [9.17, 15) is 9.59 Å². The molecule has 0 aliphatic heterocycles. The Bertz CT molecular complexity index is 1030. The molecule has 0 radical (unpaired) electrons. The number of hydrogen-bond acceptors (Lipinski definition) is 6. The number of hydrogen-bond donors (Lipinski definition) is 1. The number of esters is 1. The number of nitrogens with one attached hydrogen (secondary N) is 1. The maximum Gasteiger partial charge on any atom is 0.310 e. The fraction of sp³-hybridized carbons (Fsp3) is 0.350. The number of para-hydroxylation sites is 1. The largest absolute Gasteiger partial charge is 0.455 e. The lowest BCUT2D eigenvalue weighted by Gasteiger charge is -2.14. The predicted octanol–water partition coefficient (Wildman–Crippen LogP) is 2.59. The third kappa shape index (κ3) is 4.16. The van der Waals surface area contributed by atoms with Crippen molar-refractivity contribution in [2.24, 2.45) is 0 Å². The van der Waals surface area contributed by atoms with Gasteiger partial charge in [-0.15, -0.1) is 0 Å². The van der Waals surface area contributed by atoms with Gasteiger partial charge in [-0.25, -0.2) is 9.50 Å². The van der Waals surface area contributed by atoms with Gasteiger partial charge in [0.1, 0.15) is 6.33 Å². The van der Waals surface area contributed by atoms with Crippen molar-refractivity contribution >= 4 is 23.3 Å². The van der Waals surface area contributed by atoms with Crippen molar-refractivity contribution in [3.05, 3.63) is 53.1 Å². The first kappa shape index (κ1) is 19.5. The Balaban J connectivity index is 1.61. The van der Waals surface area contributed by atoms with Crippen LogP contribution >= 0.6 is 0 Å². The van der Waals surface area contributed by atoms with E-state index in [-0.39, 0.29) is 24.9 Å². The highest BCUT2D eigenvalue weighted by atomic mass is 16.5. The van der Waals surface area contributed by atoms with E-state index in [1.54, 1.807) is 11.4 Å². The number of ether oxygens (including phenoxy) is 1. The van der Waals surface area contributed by atoms with Crippen molar-refractivity contribution in [2.75, 3.05) is 11.9 Å². The molecular weight excluding hydrogens is 358 g/mol. The normalized spacial score (nSPS) is 11.0. The maximum absolute atomic E-state index is 12.2. The Morgan fingerprint density at radius 3 is 2.71 bits per heavy atom. The Kier molecular flexibility index (Phi) is 5.67. The average molecular weight is 381 g/mol. The summed E-state index contributed by atoms with van der Waals surface area (Å²) in [5.74, 6) is -0.126. The second kappa shape index (κ2) is 8.16. The lowest BCUT2D eigenvalue weighted by atomic mass is 10.0. The Morgan fingerprint density at radius 2 is 1.96 bits per heavy atom. The standard InChI is InChI=1S/C20H23N5O3/c1-12(2)15-7-5-6-8-17(15)24-18(26)10-28-19(27)9-16-13(3)23-20-21-11-22-25(20)14(16)4/h5-8,11-12H,9-10H2,1-4H3,(H,24,26). The van der Waals surface area contributed by atoms with Gasteiger partial charge in [-0.3, -0.25) is 9.59 Å². The van der Waals surface area contributed by atoms with E-state index in [0.717, 1.165) is 16.9 Å². The molecule has 0 saturated carbocycles. The zero-order chi connectivity index (χ0) is 20.3.